The van der Waals surface area contributed by atoms with Crippen molar-refractivity contribution in [2.75, 3.05) is 55.2 Å². The highest BCUT2D eigenvalue weighted by atomic mass is 35.5. The van der Waals surface area contributed by atoms with Gasteiger partial charge in [-0.05, 0) is 19.1 Å². The van der Waals surface area contributed by atoms with Gasteiger partial charge in [-0.1, -0.05) is 12.2 Å². The lowest BCUT2D eigenvalue weighted by atomic mass is 10.2. The molecule has 0 unspecified atom stereocenters. The van der Waals surface area contributed by atoms with Crippen molar-refractivity contribution in [1.29, 1.82) is 0 Å². The normalized spacial score (nSPS) is 14.1. The topological polar surface area (TPSA) is 125 Å². The molecule has 4 N–H and O–H groups in total. The van der Waals surface area contributed by atoms with Crippen LogP contribution >= 0.6 is 12.4 Å². The number of halogens is 3. The van der Waals surface area contributed by atoms with Crippen LogP contribution in [0.5, 0.6) is 0 Å². The molecule has 3 heterocycles. The van der Waals surface area contributed by atoms with Gasteiger partial charge in [-0.15, -0.1) is 12.4 Å². The van der Waals surface area contributed by atoms with Gasteiger partial charge in [-0.25, -0.2) is 13.5 Å². The summed E-state index contributed by atoms with van der Waals surface area (Å²) in [6.45, 7) is 5.23. The van der Waals surface area contributed by atoms with E-state index >= 15 is 0 Å². The Balaban J connectivity index is 0.00000361. The highest BCUT2D eigenvalue weighted by molar-refractivity contribution is 5.85. The number of nitrogen functional groups attached to an aromatic ring is 1. The van der Waals surface area contributed by atoms with Crippen LogP contribution in [0.15, 0.2) is 36.5 Å². The summed E-state index contributed by atoms with van der Waals surface area (Å²) in [5.41, 5.74) is 8.07. The fourth-order valence-corrected chi connectivity index (χ4v) is 3.87. The maximum atomic E-state index is 13.5. The Labute approximate surface area is 212 Å². The SMILES string of the molecule is Cc1c(/C=C/CN2CCN(c3cc(F)cc(F)c3)CC2)cnn1-c1cc(NCC(=O)O)nc(N)n1.Cl. The van der Waals surface area contributed by atoms with E-state index in [4.69, 9.17) is 10.8 Å². The van der Waals surface area contributed by atoms with Crippen LogP contribution in [0.1, 0.15) is 11.3 Å². The zero-order chi connectivity index (χ0) is 24.9. The average molecular weight is 521 g/mol. The number of benzene rings is 1. The van der Waals surface area contributed by atoms with Gasteiger partial charge in [0.15, 0.2) is 5.82 Å². The molecule has 36 heavy (non-hydrogen) atoms. The van der Waals surface area contributed by atoms with Crippen molar-refractivity contribution in [1.82, 2.24) is 24.6 Å². The standard InChI is InChI=1S/C23H26F2N8O2.ClH/c1-15-16(13-28-33(15)21-12-20(27-14-22(34)35)29-23(26)30-21)3-2-4-31-5-7-32(8-6-31)19-10-17(24)9-18(25)11-19;/h2-3,9-13H,4-8,14H2,1H3,(H,34,35)(H3,26,27,29,30);1H/b3-2+;. The van der Waals surface area contributed by atoms with E-state index in [1.54, 1.807) is 16.9 Å². The average Bonchev–Trinajstić information content (AvgIpc) is 3.17. The fraction of sp³-hybridized carbons (Fsp3) is 0.304. The molecule has 192 valence electrons. The minimum atomic E-state index is -1.02. The van der Waals surface area contributed by atoms with Gasteiger partial charge < -0.3 is 21.1 Å². The third kappa shape index (κ3) is 6.67. The number of carboxylic acids is 1. The van der Waals surface area contributed by atoms with Crippen molar-refractivity contribution in [3.05, 3.63) is 59.4 Å². The largest absolute Gasteiger partial charge is 0.480 e. The minimum absolute atomic E-state index is 0. The van der Waals surface area contributed by atoms with Crippen LogP contribution in [0.4, 0.5) is 26.2 Å². The van der Waals surface area contributed by atoms with E-state index in [1.807, 2.05) is 24.0 Å². The molecular weight excluding hydrogens is 494 g/mol. The number of nitrogens with two attached hydrogens (primary N) is 1. The summed E-state index contributed by atoms with van der Waals surface area (Å²) >= 11 is 0. The second-order valence-corrected chi connectivity index (χ2v) is 8.13. The molecule has 10 nitrogen and oxygen atoms in total. The van der Waals surface area contributed by atoms with Crippen LogP contribution in [0.25, 0.3) is 11.9 Å². The second kappa shape index (κ2) is 11.8. The van der Waals surface area contributed by atoms with Crippen LogP contribution < -0.4 is 16.0 Å². The van der Waals surface area contributed by atoms with Gasteiger partial charge in [0.1, 0.15) is 24.0 Å². The summed E-state index contributed by atoms with van der Waals surface area (Å²) < 4.78 is 28.6. The zero-order valence-corrected chi connectivity index (χ0v) is 20.4. The molecule has 1 aliphatic heterocycles. The monoisotopic (exact) mass is 520 g/mol. The van der Waals surface area contributed by atoms with Crippen LogP contribution in [0, 0.1) is 18.6 Å². The van der Waals surface area contributed by atoms with Crippen molar-refractivity contribution >= 4 is 41.9 Å². The molecule has 0 bridgehead atoms. The van der Waals surface area contributed by atoms with Gasteiger partial charge in [-0.3, -0.25) is 9.69 Å². The first-order valence-corrected chi connectivity index (χ1v) is 11.0. The number of nitrogens with zero attached hydrogens (tertiary/aromatic N) is 6. The molecule has 0 saturated carbocycles. The Hall–Kier alpha value is -3.77. The number of rotatable bonds is 8. The number of hydrogen-bond donors (Lipinski definition) is 3. The number of anilines is 3. The maximum absolute atomic E-state index is 13.5. The predicted octanol–water partition coefficient (Wildman–Crippen LogP) is 2.58. The van der Waals surface area contributed by atoms with Crippen molar-refractivity contribution in [2.45, 2.75) is 6.92 Å². The van der Waals surface area contributed by atoms with E-state index in [9.17, 15) is 13.6 Å². The van der Waals surface area contributed by atoms with Crippen LogP contribution in [-0.2, 0) is 4.79 Å². The Bertz CT molecular complexity index is 1220. The van der Waals surface area contributed by atoms with Gasteiger partial charge in [0.05, 0.1) is 11.9 Å². The van der Waals surface area contributed by atoms with E-state index in [-0.39, 0.29) is 24.9 Å². The molecule has 1 saturated heterocycles. The summed E-state index contributed by atoms with van der Waals surface area (Å²) in [4.78, 5) is 23.2. The van der Waals surface area contributed by atoms with Crippen molar-refractivity contribution in [3.63, 3.8) is 0 Å². The number of hydrogen-bond acceptors (Lipinski definition) is 8. The first-order valence-electron chi connectivity index (χ1n) is 11.0. The summed E-state index contributed by atoms with van der Waals surface area (Å²) in [6.07, 6.45) is 5.73. The molecule has 2 aromatic heterocycles. The van der Waals surface area contributed by atoms with Gasteiger partial charge in [0.2, 0.25) is 5.95 Å². The van der Waals surface area contributed by atoms with Crippen LogP contribution in [-0.4, -0.2) is 75.0 Å². The van der Waals surface area contributed by atoms with E-state index in [0.29, 0.717) is 30.4 Å². The molecule has 0 radical (unpaired) electrons. The zero-order valence-electron chi connectivity index (χ0n) is 19.6. The first-order chi connectivity index (χ1) is 16.8. The Morgan fingerprint density at radius 2 is 1.83 bits per heavy atom. The molecule has 0 amide bonds. The molecule has 1 aromatic carbocycles. The molecule has 13 heteroatoms. The molecule has 3 aromatic rings. The minimum Gasteiger partial charge on any atom is -0.480 e. The molecule has 0 aliphatic carbocycles. The fourth-order valence-electron chi connectivity index (χ4n) is 3.87. The summed E-state index contributed by atoms with van der Waals surface area (Å²) in [7, 11) is 0. The first kappa shape index (κ1) is 26.8. The van der Waals surface area contributed by atoms with Crippen molar-refractivity contribution in [3.8, 4) is 5.82 Å². The van der Waals surface area contributed by atoms with Crippen LogP contribution in [0.3, 0.4) is 0 Å². The van der Waals surface area contributed by atoms with E-state index in [1.165, 1.54) is 12.1 Å². The lowest BCUT2D eigenvalue weighted by molar-refractivity contribution is -0.134. The third-order valence-corrected chi connectivity index (χ3v) is 5.66. The maximum Gasteiger partial charge on any atom is 0.322 e. The predicted molar refractivity (Wildman–Crippen MR) is 136 cm³/mol. The third-order valence-electron chi connectivity index (χ3n) is 5.66. The van der Waals surface area contributed by atoms with E-state index < -0.39 is 17.6 Å². The van der Waals surface area contributed by atoms with Crippen molar-refractivity contribution in [2.24, 2.45) is 0 Å². The summed E-state index contributed by atoms with van der Waals surface area (Å²) in [5, 5.41) is 15.9. The molecule has 4 rings (SSSR count). The number of piperazine rings is 1. The molecular formula is C23H27ClF2N8O2. The highest BCUT2D eigenvalue weighted by Gasteiger charge is 2.17. The number of carboxylic acid groups (broad SMARTS) is 1. The quantitative estimate of drug-likeness (QED) is 0.411. The molecule has 1 fully saturated rings. The van der Waals surface area contributed by atoms with Gasteiger partial charge >= 0.3 is 5.97 Å². The summed E-state index contributed by atoms with van der Waals surface area (Å²) in [5.74, 6) is -1.44. The van der Waals surface area contributed by atoms with Crippen LogP contribution in [0.2, 0.25) is 0 Å². The van der Waals surface area contributed by atoms with Gasteiger partial charge in [0.25, 0.3) is 0 Å². The van der Waals surface area contributed by atoms with Gasteiger partial charge in [-0.2, -0.15) is 15.1 Å². The Morgan fingerprint density at radius 1 is 1.14 bits per heavy atom. The Kier molecular flexibility index (Phi) is 8.78. The van der Waals surface area contributed by atoms with Crippen molar-refractivity contribution < 1.29 is 18.7 Å². The second-order valence-electron chi connectivity index (χ2n) is 8.13. The van der Waals surface area contributed by atoms with E-state index in [2.05, 4.69) is 25.3 Å². The lowest BCUT2D eigenvalue weighted by Gasteiger charge is -2.35. The number of aromatic nitrogens is 4. The highest BCUT2D eigenvalue weighted by Crippen LogP contribution is 2.20. The number of carbonyl (C=O) groups is 1. The van der Waals surface area contributed by atoms with E-state index in [0.717, 1.165) is 37.0 Å². The Morgan fingerprint density at radius 3 is 2.50 bits per heavy atom. The number of aliphatic carboxylic acids is 1. The van der Waals surface area contributed by atoms with Gasteiger partial charge in [0, 0.05) is 56.1 Å². The molecule has 0 spiro atoms. The lowest BCUT2D eigenvalue weighted by Crippen LogP contribution is -2.46. The summed E-state index contributed by atoms with van der Waals surface area (Å²) in [6, 6.07) is 5.17. The number of nitrogens with one attached hydrogen (secondary N) is 1. The smallest absolute Gasteiger partial charge is 0.322 e. The molecule has 0 atom stereocenters. The molecule has 1 aliphatic rings.